The topological polar surface area (TPSA) is 48.1 Å². The Bertz CT molecular complexity index is 523. The highest BCUT2D eigenvalue weighted by Crippen LogP contribution is 2.29. The summed E-state index contributed by atoms with van der Waals surface area (Å²) >= 11 is 0. The van der Waals surface area contributed by atoms with Gasteiger partial charge in [-0.15, -0.1) is 0 Å². The summed E-state index contributed by atoms with van der Waals surface area (Å²) in [5.41, 5.74) is 6.70. The fourth-order valence-corrected chi connectivity index (χ4v) is 1.99. The van der Waals surface area contributed by atoms with E-state index >= 15 is 0 Å². The van der Waals surface area contributed by atoms with Gasteiger partial charge in [0.15, 0.2) is 0 Å². The molecule has 2 N–H and O–H groups in total. The van der Waals surface area contributed by atoms with Gasteiger partial charge in [0.1, 0.15) is 5.75 Å². The number of pyridine rings is 1. The fraction of sp³-hybridized carbons (Fsp3) is 0.400. The first-order valence-corrected chi connectivity index (χ1v) is 6.43. The number of fused-ring (bicyclic) bond motifs is 1. The molecule has 0 fully saturated rings. The van der Waals surface area contributed by atoms with Crippen molar-refractivity contribution in [1.82, 2.24) is 4.98 Å². The molecular formula is C15H20N2O. The van der Waals surface area contributed by atoms with E-state index in [-0.39, 0.29) is 0 Å². The largest absolute Gasteiger partial charge is 0.493 e. The lowest BCUT2D eigenvalue weighted by atomic mass is 10.1. The number of hydrogen-bond acceptors (Lipinski definition) is 3. The zero-order valence-electron chi connectivity index (χ0n) is 11.0. The average molecular weight is 244 g/mol. The van der Waals surface area contributed by atoms with Gasteiger partial charge in [0.2, 0.25) is 0 Å². The average Bonchev–Trinajstić information content (AvgIpc) is 2.37. The van der Waals surface area contributed by atoms with E-state index in [0.29, 0.717) is 0 Å². The molecule has 0 saturated carbocycles. The first kappa shape index (κ1) is 12.7. The van der Waals surface area contributed by atoms with Crippen molar-refractivity contribution < 1.29 is 4.74 Å². The van der Waals surface area contributed by atoms with Gasteiger partial charge in [-0.05, 0) is 37.0 Å². The Labute approximate surface area is 108 Å². The van der Waals surface area contributed by atoms with E-state index in [0.717, 1.165) is 41.2 Å². The van der Waals surface area contributed by atoms with E-state index in [2.05, 4.69) is 18.8 Å². The molecule has 0 bridgehead atoms. The summed E-state index contributed by atoms with van der Waals surface area (Å²) in [6, 6.07) is 5.74. The molecule has 2 aromatic rings. The van der Waals surface area contributed by atoms with Crippen LogP contribution in [0.3, 0.4) is 0 Å². The number of nitrogens with two attached hydrogens (primary N) is 1. The summed E-state index contributed by atoms with van der Waals surface area (Å²) in [6.45, 7) is 5.19. The molecule has 1 aromatic heterocycles. The number of hydrogen-bond donors (Lipinski definition) is 1. The molecule has 0 radical (unpaired) electrons. The van der Waals surface area contributed by atoms with Crippen LogP contribution in [0.5, 0.6) is 5.75 Å². The minimum Gasteiger partial charge on any atom is -0.493 e. The Balaban J connectivity index is 2.11. The Kier molecular flexibility index (Phi) is 4.03. The van der Waals surface area contributed by atoms with Gasteiger partial charge in [-0.25, -0.2) is 0 Å². The zero-order valence-corrected chi connectivity index (χ0v) is 11.0. The molecule has 2 rings (SSSR count). The van der Waals surface area contributed by atoms with Crippen LogP contribution in [-0.2, 0) is 0 Å². The second kappa shape index (κ2) is 5.71. The van der Waals surface area contributed by atoms with Crippen LogP contribution in [0.15, 0.2) is 30.6 Å². The van der Waals surface area contributed by atoms with Gasteiger partial charge in [0, 0.05) is 28.9 Å². The maximum atomic E-state index is 5.94. The summed E-state index contributed by atoms with van der Waals surface area (Å²) < 4.78 is 5.83. The molecule has 18 heavy (non-hydrogen) atoms. The van der Waals surface area contributed by atoms with E-state index in [9.17, 15) is 0 Å². The van der Waals surface area contributed by atoms with E-state index in [4.69, 9.17) is 10.5 Å². The number of ether oxygens (including phenoxy) is 1. The lowest BCUT2D eigenvalue weighted by Crippen LogP contribution is -2.00. The normalized spacial score (nSPS) is 11.1. The van der Waals surface area contributed by atoms with E-state index < -0.39 is 0 Å². The summed E-state index contributed by atoms with van der Waals surface area (Å²) in [5, 5.41) is 1.99. The molecule has 1 aromatic carbocycles. The van der Waals surface area contributed by atoms with Crippen LogP contribution in [0.4, 0.5) is 5.69 Å². The Morgan fingerprint density at radius 2 is 2.06 bits per heavy atom. The van der Waals surface area contributed by atoms with Crippen molar-refractivity contribution in [1.29, 1.82) is 0 Å². The van der Waals surface area contributed by atoms with E-state index in [1.165, 1.54) is 6.42 Å². The van der Waals surface area contributed by atoms with Gasteiger partial charge >= 0.3 is 0 Å². The van der Waals surface area contributed by atoms with Crippen LogP contribution in [-0.4, -0.2) is 11.6 Å². The second-order valence-corrected chi connectivity index (χ2v) is 4.96. The molecule has 0 unspecified atom stereocenters. The molecule has 0 aliphatic carbocycles. The predicted molar refractivity (Wildman–Crippen MR) is 75.7 cm³/mol. The second-order valence-electron chi connectivity index (χ2n) is 4.96. The number of nitrogen functional groups attached to an aromatic ring is 1. The lowest BCUT2D eigenvalue weighted by Gasteiger charge is -2.11. The van der Waals surface area contributed by atoms with E-state index in [1.807, 2.05) is 24.4 Å². The third-order valence-corrected chi connectivity index (χ3v) is 3.00. The summed E-state index contributed by atoms with van der Waals surface area (Å²) in [5.74, 6) is 1.59. The van der Waals surface area contributed by atoms with Gasteiger partial charge < -0.3 is 10.5 Å². The standard InChI is InChI=1S/C15H20N2O/c1-11(2)4-3-9-18-15-6-5-14(16)12-7-8-17-10-13(12)15/h5-8,10-11H,3-4,9,16H2,1-2H3. The SMILES string of the molecule is CC(C)CCCOc1ccc(N)c2ccncc12. The van der Waals surface area contributed by atoms with Gasteiger partial charge in [0.25, 0.3) is 0 Å². The van der Waals surface area contributed by atoms with Gasteiger partial charge in [-0.2, -0.15) is 0 Å². The molecule has 3 heteroatoms. The summed E-state index contributed by atoms with van der Waals surface area (Å²) in [4.78, 5) is 4.14. The van der Waals surface area contributed by atoms with Crippen LogP contribution in [0.2, 0.25) is 0 Å². The van der Waals surface area contributed by atoms with Gasteiger partial charge in [-0.1, -0.05) is 13.8 Å². The van der Waals surface area contributed by atoms with Crippen molar-refractivity contribution in [3.63, 3.8) is 0 Å². The minimum atomic E-state index is 0.721. The Morgan fingerprint density at radius 1 is 1.22 bits per heavy atom. The number of aromatic nitrogens is 1. The molecular weight excluding hydrogens is 224 g/mol. The number of benzene rings is 1. The molecule has 0 saturated heterocycles. The van der Waals surface area contributed by atoms with Crippen molar-refractivity contribution >= 4 is 16.5 Å². The van der Waals surface area contributed by atoms with Gasteiger partial charge in [0.05, 0.1) is 6.61 Å². The number of rotatable bonds is 5. The Hall–Kier alpha value is -1.77. The molecule has 0 aliphatic rings. The van der Waals surface area contributed by atoms with Crippen LogP contribution in [0.1, 0.15) is 26.7 Å². The quantitative estimate of drug-likeness (QED) is 0.645. The van der Waals surface area contributed by atoms with Crippen LogP contribution in [0.25, 0.3) is 10.8 Å². The predicted octanol–water partition coefficient (Wildman–Crippen LogP) is 3.63. The summed E-state index contributed by atoms with van der Waals surface area (Å²) in [7, 11) is 0. The molecule has 1 heterocycles. The van der Waals surface area contributed by atoms with Crippen LogP contribution >= 0.6 is 0 Å². The maximum absolute atomic E-state index is 5.94. The highest BCUT2D eigenvalue weighted by molar-refractivity contribution is 5.96. The lowest BCUT2D eigenvalue weighted by molar-refractivity contribution is 0.301. The van der Waals surface area contributed by atoms with Crippen molar-refractivity contribution in [2.45, 2.75) is 26.7 Å². The highest BCUT2D eigenvalue weighted by atomic mass is 16.5. The molecule has 0 spiro atoms. The highest BCUT2D eigenvalue weighted by Gasteiger charge is 2.05. The molecule has 96 valence electrons. The first-order chi connectivity index (χ1) is 8.68. The summed E-state index contributed by atoms with van der Waals surface area (Å²) in [6.07, 6.45) is 5.82. The molecule has 0 aliphatic heterocycles. The van der Waals surface area contributed by atoms with Crippen molar-refractivity contribution in [2.24, 2.45) is 5.92 Å². The van der Waals surface area contributed by atoms with Crippen molar-refractivity contribution in [3.05, 3.63) is 30.6 Å². The van der Waals surface area contributed by atoms with E-state index in [1.54, 1.807) is 6.20 Å². The van der Waals surface area contributed by atoms with Gasteiger partial charge in [-0.3, -0.25) is 4.98 Å². The molecule has 3 nitrogen and oxygen atoms in total. The third kappa shape index (κ3) is 2.92. The smallest absolute Gasteiger partial charge is 0.128 e. The first-order valence-electron chi connectivity index (χ1n) is 6.43. The van der Waals surface area contributed by atoms with Crippen molar-refractivity contribution in [3.8, 4) is 5.75 Å². The van der Waals surface area contributed by atoms with Crippen LogP contribution < -0.4 is 10.5 Å². The molecule has 0 amide bonds. The van der Waals surface area contributed by atoms with Crippen molar-refractivity contribution in [2.75, 3.05) is 12.3 Å². The number of anilines is 1. The maximum Gasteiger partial charge on any atom is 0.128 e. The van der Waals surface area contributed by atoms with Crippen LogP contribution in [0, 0.1) is 5.92 Å². The number of nitrogens with zero attached hydrogens (tertiary/aromatic N) is 1. The Morgan fingerprint density at radius 3 is 2.83 bits per heavy atom. The third-order valence-electron chi connectivity index (χ3n) is 3.00. The fourth-order valence-electron chi connectivity index (χ4n) is 1.99. The molecule has 0 atom stereocenters. The monoisotopic (exact) mass is 244 g/mol. The zero-order chi connectivity index (χ0) is 13.0. The minimum absolute atomic E-state index is 0.721.